The Morgan fingerprint density at radius 3 is 2.35 bits per heavy atom. The maximum Gasteiger partial charge on any atom is 0.337 e. The number of Topliss-reactive ketones (excluding diaryl/α,β-unsaturated/α-hetero) is 1. The van der Waals surface area contributed by atoms with Crippen LogP contribution in [0.1, 0.15) is 52.9 Å². The van der Waals surface area contributed by atoms with Gasteiger partial charge in [0.25, 0.3) is 5.78 Å². The number of ether oxygens (including phenoxy) is 2. The van der Waals surface area contributed by atoms with Crippen LogP contribution in [-0.4, -0.2) is 46.7 Å². The van der Waals surface area contributed by atoms with Gasteiger partial charge >= 0.3 is 11.9 Å². The molecule has 1 N–H and O–H groups in total. The van der Waals surface area contributed by atoms with E-state index in [0.717, 1.165) is 18.4 Å². The van der Waals surface area contributed by atoms with Crippen molar-refractivity contribution >= 4 is 51.6 Å². The summed E-state index contributed by atoms with van der Waals surface area (Å²) < 4.78 is 11.1. The van der Waals surface area contributed by atoms with Gasteiger partial charge in [0.15, 0.2) is 4.34 Å². The number of benzene rings is 3. The lowest BCUT2D eigenvalue weighted by atomic mass is 9.94. The first-order chi connectivity index (χ1) is 20.9. The van der Waals surface area contributed by atoms with E-state index in [4.69, 9.17) is 9.47 Å². The minimum Gasteiger partial charge on any atom is -0.507 e. The third-order valence-corrected chi connectivity index (χ3v) is 8.92. The number of amides is 1. The molecule has 2 heterocycles. The van der Waals surface area contributed by atoms with Gasteiger partial charge in [-0.2, -0.15) is 0 Å². The van der Waals surface area contributed by atoms with Gasteiger partial charge in [0, 0.05) is 11.3 Å². The van der Waals surface area contributed by atoms with Crippen LogP contribution in [0.15, 0.2) is 88.8 Å². The maximum absolute atomic E-state index is 13.5. The van der Waals surface area contributed by atoms with Crippen molar-refractivity contribution < 1.29 is 29.0 Å². The molecule has 220 valence electrons. The number of carbonyl (C=O) groups excluding carboxylic acids is 3. The van der Waals surface area contributed by atoms with Crippen LogP contribution >= 0.6 is 23.1 Å². The number of hydrogen-bond acceptors (Lipinski definition) is 10. The van der Waals surface area contributed by atoms with E-state index in [1.807, 2.05) is 30.3 Å². The Morgan fingerprint density at radius 1 is 0.977 bits per heavy atom. The Bertz CT molecular complexity index is 1640. The highest BCUT2D eigenvalue weighted by Crippen LogP contribution is 2.44. The van der Waals surface area contributed by atoms with Crippen molar-refractivity contribution in [2.45, 2.75) is 35.9 Å². The third-order valence-electron chi connectivity index (χ3n) is 6.79. The smallest absolute Gasteiger partial charge is 0.337 e. The van der Waals surface area contributed by atoms with Crippen LogP contribution in [0, 0.1) is 0 Å². The summed E-state index contributed by atoms with van der Waals surface area (Å²) in [5.41, 5.74) is 2.17. The lowest BCUT2D eigenvalue weighted by molar-refractivity contribution is -0.132. The first kappa shape index (κ1) is 30.0. The van der Waals surface area contributed by atoms with E-state index in [9.17, 15) is 19.5 Å². The van der Waals surface area contributed by atoms with Crippen molar-refractivity contribution in [1.82, 2.24) is 10.2 Å². The Labute approximate surface area is 257 Å². The summed E-state index contributed by atoms with van der Waals surface area (Å²) in [6.07, 6.45) is 1.92. The summed E-state index contributed by atoms with van der Waals surface area (Å²) in [7, 11) is 1.29. The van der Waals surface area contributed by atoms with Gasteiger partial charge < -0.3 is 14.6 Å². The second-order valence-corrected chi connectivity index (χ2v) is 11.8. The molecule has 1 saturated heterocycles. The van der Waals surface area contributed by atoms with Crippen LogP contribution in [0.4, 0.5) is 5.13 Å². The summed E-state index contributed by atoms with van der Waals surface area (Å²) in [4.78, 5) is 40.3. The number of unbranched alkanes of at least 4 members (excludes halogenated alkanes) is 1. The van der Waals surface area contributed by atoms with Crippen molar-refractivity contribution in [3.63, 3.8) is 0 Å². The number of nitrogens with zero attached hydrogens (tertiary/aromatic N) is 3. The highest BCUT2D eigenvalue weighted by Gasteiger charge is 2.48. The molecule has 1 aliphatic heterocycles. The monoisotopic (exact) mass is 615 g/mol. The standard InChI is InChI=1S/C32H29N3O6S2/c1-3-4-18-41-24-16-14-22(15-17-24)27(36)25-26(21-10-12-23(13-11-21)30(39)40-2)35(29(38)28(25)37)31-33-34-32(43-31)42-19-20-8-6-5-7-9-20/h5-17,26,36H,3-4,18-19H2,1-2H3/b27-25+. The first-order valence-corrected chi connectivity index (χ1v) is 15.4. The van der Waals surface area contributed by atoms with Gasteiger partial charge in [-0.05, 0) is 53.9 Å². The topological polar surface area (TPSA) is 119 Å². The lowest BCUT2D eigenvalue weighted by Crippen LogP contribution is -2.29. The Balaban J connectivity index is 1.51. The average molecular weight is 616 g/mol. The second-order valence-electron chi connectivity index (χ2n) is 9.63. The third kappa shape index (κ3) is 6.63. The molecule has 0 radical (unpaired) electrons. The highest BCUT2D eigenvalue weighted by molar-refractivity contribution is 8.00. The molecule has 1 aliphatic rings. The maximum atomic E-state index is 13.5. The minimum atomic E-state index is -1.01. The number of carbonyl (C=O) groups is 3. The molecule has 0 saturated carbocycles. The molecule has 9 nitrogen and oxygen atoms in total. The molecule has 1 unspecified atom stereocenters. The van der Waals surface area contributed by atoms with E-state index in [0.29, 0.717) is 39.1 Å². The van der Waals surface area contributed by atoms with E-state index < -0.39 is 23.7 Å². The number of ketones is 1. The lowest BCUT2D eigenvalue weighted by Gasteiger charge is -2.22. The number of aliphatic hydroxyl groups is 1. The van der Waals surface area contributed by atoms with Gasteiger partial charge in [-0.3, -0.25) is 14.5 Å². The number of hydrogen-bond donors (Lipinski definition) is 1. The van der Waals surface area contributed by atoms with Gasteiger partial charge in [-0.25, -0.2) is 4.79 Å². The van der Waals surface area contributed by atoms with Gasteiger partial charge in [0.05, 0.1) is 30.9 Å². The van der Waals surface area contributed by atoms with Gasteiger partial charge in [-0.1, -0.05) is 78.9 Å². The van der Waals surface area contributed by atoms with Gasteiger partial charge in [-0.15, -0.1) is 10.2 Å². The van der Waals surface area contributed by atoms with Gasteiger partial charge in [0.2, 0.25) is 5.13 Å². The predicted molar refractivity (Wildman–Crippen MR) is 165 cm³/mol. The van der Waals surface area contributed by atoms with E-state index in [1.54, 1.807) is 48.5 Å². The minimum absolute atomic E-state index is 0.0934. The summed E-state index contributed by atoms with van der Waals surface area (Å²) in [5, 5.41) is 20.2. The van der Waals surface area contributed by atoms with Crippen LogP contribution in [0.2, 0.25) is 0 Å². The van der Waals surface area contributed by atoms with Crippen LogP contribution in [0.3, 0.4) is 0 Å². The summed E-state index contributed by atoms with van der Waals surface area (Å²) >= 11 is 2.65. The molecular formula is C32H29N3O6S2. The molecule has 1 atom stereocenters. The van der Waals surface area contributed by atoms with Crippen molar-refractivity contribution in [1.29, 1.82) is 0 Å². The molecule has 3 aromatic carbocycles. The Morgan fingerprint density at radius 2 is 1.67 bits per heavy atom. The number of aliphatic hydroxyl groups excluding tert-OH is 1. The molecule has 4 aromatic rings. The van der Waals surface area contributed by atoms with Crippen molar-refractivity contribution in [3.8, 4) is 5.75 Å². The Kier molecular flexibility index (Phi) is 9.53. The zero-order valence-corrected chi connectivity index (χ0v) is 25.2. The van der Waals surface area contributed by atoms with E-state index in [-0.39, 0.29) is 16.5 Å². The molecule has 1 amide bonds. The number of rotatable bonds is 11. The molecule has 0 bridgehead atoms. The van der Waals surface area contributed by atoms with E-state index in [2.05, 4.69) is 17.1 Å². The number of aromatic nitrogens is 2. The fourth-order valence-electron chi connectivity index (χ4n) is 4.54. The first-order valence-electron chi connectivity index (χ1n) is 13.6. The molecule has 0 aliphatic carbocycles. The summed E-state index contributed by atoms with van der Waals surface area (Å²) in [6.45, 7) is 2.65. The quantitative estimate of drug-likeness (QED) is 0.0388. The fourth-order valence-corrected chi connectivity index (χ4v) is 6.36. The van der Waals surface area contributed by atoms with Crippen LogP contribution in [0.5, 0.6) is 5.75 Å². The molecule has 1 fully saturated rings. The largest absolute Gasteiger partial charge is 0.507 e. The van der Waals surface area contributed by atoms with E-state index in [1.165, 1.54) is 35.1 Å². The molecule has 1 aromatic heterocycles. The molecular weight excluding hydrogens is 587 g/mol. The zero-order valence-electron chi connectivity index (χ0n) is 23.6. The predicted octanol–water partition coefficient (Wildman–Crippen LogP) is 6.42. The number of esters is 1. The summed E-state index contributed by atoms with van der Waals surface area (Å²) in [6, 6.07) is 21.9. The van der Waals surface area contributed by atoms with Gasteiger partial charge in [0.1, 0.15) is 11.5 Å². The van der Waals surface area contributed by atoms with Crippen molar-refractivity contribution in [3.05, 3.63) is 107 Å². The van der Waals surface area contributed by atoms with Crippen LogP contribution in [0.25, 0.3) is 5.76 Å². The summed E-state index contributed by atoms with van der Waals surface area (Å²) in [5.74, 6) is -1.24. The molecule has 0 spiro atoms. The fraction of sp³-hybridized carbons (Fsp3) is 0.219. The number of anilines is 1. The zero-order chi connectivity index (χ0) is 30.3. The average Bonchev–Trinajstić information content (AvgIpc) is 3.62. The molecule has 5 rings (SSSR count). The Hall–Kier alpha value is -4.48. The number of methoxy groups -OCH3 is 1. The second kappa shape index (κ2) is 13.7. The number of thioether (sulfide) groups is 1. The SMILES string of the molecule is CCCCOc1ccc(/C(O)=C2\C(=O)C(=O)N(c3nnc(SCc4ccccc4)s3)C2c2ccc(C(=O)OC)cc2)cc1. The van der Waals surface area contributed by atoms with Crippen molar-refractivity contribution in [2.75, 3.05) is 18.6 Å². The van der Waals surface area contributed by atoms with Crippen LogP contribution < -0.4 is 9.64 Å². The van der Waals surface area contributed by atoms with Crippen molar-refractivity contribution in [2.24, 2.45) is 0 Å². The molecule has 43 heavy (non-hydrogen) atoms. The van der Waals surface area contributed by atoms with E-state index >= 15 is 0 Å². The normalized spacial score (nSPS) is 16.0. The molecule has 11 heteroatoms. The highest BCUT2D eigenvalue weighted by atomic mass is 32.2. The van der Waals surface area contributed by atoms with Crippen LogP contribution in [-0.2, 0) is 20.1 Å².